The molecule has 3 nitrogen and oxygen atoms in total. The fourth-order valence-electron chi connectivity index (χ4n) is 2.87. The van der Waals surface area contributed by atoms with Gasteiger partial charge in [-0.05, 0) is 53.9 Å². The Morgan fingerprint density at radius 2 is 1.83 bits per heavy atom. The van der Waals surface area contributed by atoms with Crippen molar-refractivity contribution >= 4 is 5.69 Å². The smallest absolute Gasteiger partial charge is 0.406 e. The lowest BCUT2D eigenvalue weighted by Gasteiger charge is -2.23. The molecule has 1 aliphatic rings. The first-order valence-electron chi connectivity index (χ1n) is 7.79. The maximum atomic E-state index is 12.2. The molecule has 0 saturated heterocycles. The van der Waals surface area contributed by atoms with Gasteiger partial charge in [-0.15, -0.1) is 13.2 Å². The molecule has 0 aliphatic carbocycles. The van der Waals surface area contributed by atoms with Crippen LogP contribution in [0.3, 0.4) is 0 Å². The van der Waals surface area contributed by atoms with E-state index in [4.69, 9.17) is 0 Å². The van der Waals surface area contributed by atoms with Crippen molar-refractivity contribution in [1.29, 1.82) is 0 Å². The minimum absolute atomic E-state index is 0.200. The van der Waals surface area contributed by atoms with Gasteiger partial charge in [0.2, 0.25) is 0 Å². The SMILES string of the molecule is CN(Cc1ccc(OC(F)(F)F)cc1)c1ccc2c(c1)CNCC2. The number of hydrogen-bond donors (Lipinski definition) is 1. The van der Waals surface area contributed by atoms with Crippen LogP contribution >= 0.6 is 0 Å². The van der Waals surface area contributed by atoms with E-state index in [2.05, 4.69) is 33.2 Å². The zero-order valence-electron chi connectivity index (χ0n) is 13.4. The molecule has 3 rings (SSSR count). The molecule has 1 aliphatic heterocycles. The summed E-state index contributed by atoms with van der Waals surface area (Å²) in [7, 11) is 1.97. The Bertz CT molecular complexity index is 698. The van der Waals surface area contributed by atoms with Crippen LogP contribution in [0.4, 0.5) is 18.9 Å². The Hall–Kier alpha value is -2.21. The van der Waals surface area contributed by atoms with Crippen LogP contribution in [0, 0.1) is 0 Å². The number of halogens is 3. The molecule has 0 amide bonds. The summed E-state index contributed by atoms with van der Waals surface area (Å²) in [5, 5.41) is 3.36. The molecular formula is C18H19F3N2O. The van der Waals surface area contributed by atoms with Gasteiger partial charge in [-0.3, -0.25) is 0 Å². The molecule has 2 aromatic carbocycles. The number of anilines is 1. The summed E-state index contributed by atoms with van der Waals surface area (Å²) < 4.78 is 40.4. The molecule has 128 valence electrons. The van der Waals surface area contributed by atoms with Gasteiger partial charge in [0.05, 0.1) is 0 Å². The van der Waals surface area contributed by atoms with E-state index in [-0.39, 0.29) is 5.75 Å². The van der Waals surface area contributed by atoms with E-state index in [0.717, 1.165) is 30.8 Å². The van der Waals surface area contributed by atoms with E-state index >= 15 is 0 Å². The van der Waals surface area contributed by atoms with E-state index in [1.165, 1.54) is 23.3 Å². The van der Waals surface area contributed by atoms with Crippen molar-refractivity contribution in [3.05, 3.63) is 59.2 Å². The van der Waals surface area contributed by atoms with Crippen LogP contribution in [-0.2, 0) is 19.5 Å². The van der Waals surface area contributed by atoms with Crippen molar-refractivity contribution in [2.75, 3.05) is 18.5 Å². The van der Waals surface area contributed by atoms with Gasteiger partial charge in [-0.2, -0.15) is 0 Å². The second-order valence-electron chi connectivity index (χ2n) is 5.93. The molecule has 0 radical (unpaired) electrons. The maximum absolute atomic E-state index is 12.2. The predicted octanol–water partition coefficient (Wildman–Crippen LogP) is 3.87. The van der Waals surface area contributed by atoms with E-state index in [0.29, 0.717) is 6.54 Å². The second-order valence-corrected chi connectivity index (χ2v) is 5.93. The highest BCUT2D eigenvalue weighted by atomic mass is 19.4. The van der Waals surface area contributed by atoms with Crippen LogP contribution in [0.2, 0.25) is 0 Å². The van der Waals surface area contributed by atoms with E-state index in [1.807, 2.05) is 7.05 Å². The Morgan fingerprint density at radius 1 is 1.08 bits per heavy atom. The van der Waals surface area contributed by atoms with Crippen LogP contribution in [0.15, 0.2) is 42.5 Å². The molecule has 1 N–H and O–H groups in total. The first-order valence-corrected chi connectivity index (χ1v) is 7.79. The van der Waals surface area contributed by atoms with E-state index in [1.54, 1.807) is 12.1 Å². The van der Waals surface area contributed by atoms with Crippen molar-refractivity contribution in [2.24, 2.45) is 0 Å². The first kappa shape index (κ1) is 16.6. The second kappa shape index (κ2) is 6.73. The van der Waals surface area contributed by atoms with Gasteiger partial charge in [-0.25, -0.2) is 0 Å². The molecule has 2 aromatic rings. The number of ether oxygens (including phenoxy) is 1. The van der Waals surface area contributed by atoms with Crippen LogP contribution < -0.4 is 15.0 Å². The Morgan fingerprint density at radius 3 is 2.54 bits per heavy atom. The van der Waals surface area contributed by atoms with Crippen molar-refractivity contribution in [1.82, 2.24) is 5.32 Å². The fourth-order valence-corrected chi connectivity index (χ4v) is 2.87. The average molecular weight is 336 g/mol. The van der Waals surface area contributed by atoms with Crippen LogP contribution in [0.5, 0.6) is 5.75 Å². The molecule has 24 heavy (non-hydrogen) atoms. The van der Waals surface area contributed by atoms with Gasteiger partial charge in [0.25, 0.3) is 0 Å². The summed E-state index contributed by atoms with van der Waals surface area (Å²) in [4.78, 5) is 2.08. The monoisotopic (exact) mass is 336 g/mol. The third kappa shape index (κ3) is 4.20. The summed E-state index contributed by atoms with van der Waals surface area (Å²) in [6, 6.07) is 12.4. The molecule has 0 unspecified atom stereocenters. The lowest BCUT2D eigenvalue weighted by molar-refractivity contribution is -0.274. The third-order valence-corrected chi connectivity index (χ3v) is 4.09. The molecule has 0 bridgehead atoms. The molecule has 0 spiro atoms. The number of hydrogen-bond acceptors (Lipinski definition) is 3. The van der Waals surface area contributed by atoms with Gasteiger partial charge >= 0.3 is 6.36 Å². The Kier molecular flexibility index (Phi) is 4.66. The highest BCUT2D eigenvalue weighted by molar-refractivity contribution is 5.51. The lowest BCUT2D eigenvalue weighted by atomic mass is 10.00. The number of nitrogens with zero attached hydrogens (tertiary/aromatic N) is 1. The summed E-state index contributed by atoms with van der Waals surface area (Å²) in [6.45, 7) is 2.49. The number of rotatable bonds is 4. The molecule has 6 heteroatoms. The third-order valence-electron chi connectivity index (χ3n) is 4.09. The van der Waals surface area contributed by atoms with Crippen LogP contribution in [-0.4, -0.2) is 20.0 Å². The van der Waals surface area contributed by atoms with Crippen molar-refractivity contribution in [3.63, 3.8) is 0 Å². The Labute approximate surface area is 139 Å². The van der Waals surface area contributed by atoms with Crippen LogP contribution in [0.1, 0.15) is 16.7 Å². The standard InChI is InChI=1S/C18H19F3N2O/c1-23(16-5-4-14-8-9-22-11-15(14)10-16)12-13-2-6-17(7-3-13)24-18(19,20)21/h2-7,10,22H,8-9,11-12H2,1H3. The summed E-state index contributed by atoms with van der Waals surface area (Å²) >= 11 is 0. The maximum Gasteiger partial charge on any atom is 0.573 e. The Balaban J connectivity index is 1.67. The molecule has 0 saturated carbocycles. The average Bonchev–Trinajstić information content (AvgIpc) is 2.55. The summed E-state index contributed by atoms with van der Waals surface area (Å²) in [5.41, 5.74) is 4.69. The number of fused-ring (bicyclic) bond motifs is 1. The van der Waals surface area contributed by atoms with Crippen molar-refractivity contribution < 1.29 is 17.9 Å². The quantitative estimate of drug-likeness (QED) is 0.917. The lowest BCUT2D eigenvalue weighted by Crippen LogP contribution is -2.24. The first-order chi connectivity index (χ1) is 11.4. The molecular weight excluding hydrogens is 317 g/mol. The van der Waals surface area contributed by atoms with E-state index in [9.17, 15) is 13.2 Å². The van der Waals surface area contributed by atoms with Gasteiger partial charge in [-0.1, -0.05) is 18.2 Å². The number of benzene rings is 2. The summed E-state index contributed by atoms with van der Waals surface area (Å²) in [5.74, 6) is -0.200. The number of alkyl halides is 3. The highest BCUT2D eigenvalue weighted by Crippen LogP contribution is 2.25. The largest absolute Gasteiger partial charge is 0.573 e. The van der Waals surface area contributed by atoms with Crippen LogP contribution in [0.25, 0.3) is 0 Å². The van der Waals surface area contributed by atoms with Gasteiger partial charge in [0.1, 0.15) is 5.75 Å². The van der Waals surface area contributed by atoms with Crippen molar-refractivity contribution in [3.8, 4) is 5.75 Å². The summed E-state index contributed by atoms with van der Waals surface area (Å²) in [6.07, 6.45) is -3.62. The topological polar surface area (TPSA) is 24.5 Å². The van der Waals surface area contributed by atoms with Gasteiger partial charge in [0, 0.05) is 25.8 Å². The minimum Gasteiger partial charge on any atom is -0.406 e. The van der Waals surface area contributed by atoms with Gasteiger partial charge < -0.3 is 15.0 Å². The molecule has 1 heterocycles. The molecule has 0 fully saturated rings. The number of nitrogens with one attached hydrogen (secondary N) is 1. The molecule has 0 aromatic heterocycles. The van der Waals surface area contributed by atoms with E-state index < -0.39 is 6.36 Å². The predicted molar refractivity (Wildman–Crippen MR) is 87.1 cm³/mol. The van der Waals surface area contributed by atoms with Crippen molar-refractivity contribution in [2.45, 2.75) is 25.9 Å². The molecule has 0 atom stereocenters. The highest BCUT2D eigenvalue weighted by Gasteiger charge is 2.30. The zero-order chi connectivity index (χ0) is 17.2. The normalized spacial score (nSPS) is 14.2. The minimum atomic E-state index is -4.66. The fraction of sp³-hybridized carbons (Fsp3) is 0.333. The van der Waals surface area contributed by atoms with Gasteiger partial charge in [0.15, 0.2) is 0 Å². The zero-order valence-corrected chi connectivity index (χ0v) is 13.4.